The number of carbonyl (C=O) groups is 1. The molecule has 4 nitrogen and oxygen atoms in total. The van der Waals surface area contributed by atoms with Crippen LogP contribution in [0.2, 0.25) is 0 Å². The minimum Gasteiger partial charge on any atom is -0.483 e. The normalized spacial score (nSPS) is 10.7. The lowest BCUT2D eigenvalue weighted by Gasteiger charge is -2.12. The number of fused-ring (bicyclic) bond motifs is 1. The summed E-state index contributed by atoms with van der Waals surface area (Å²) in [6.07, 6.45) is 0. The molecule has 4 aromatic rings. The number of pyridine rings is 1. The van der Waals surface area contributed by atoms with Crippen LogP contribution in [0.1, 0.15) is 0 Å². The van der Waals surface area contributed by atoms with Gasteiger partial charge < -0.3 is 10.1 Å². The monoisotopic (exact) mass is 390 g/mol. The molecule has 0 saturated carbocycles. The number of amides is 1. The Morgan fingerprint density at radius 2 is 1.66 bits per heavy atom. The number of anilines is 1. The van der Waals surface area contributed by atoms with Gasteiger partial charge in [0.2, 0.25) is 0 Å². The van der Waals surface area contributed by atoms with Crippen molar-refractivity contribution in [3.8, 4) is 17.0 Å². The number of carbonyl (C=O) groups excluding carboxylic acids is 1. The van der Waals surface area contributed by atoms with Gasteiger partial charge in [-0.05, 0) is 24.3 Å². The highest BCUT2D eigenvalue weighted by Crippen LogP contribution is 2.30. The second-order valence-corrected chi connectivity index (χ2v) is 6.35. The molecule has 0 bridgehead atoms. The van der Waals surface area contributed by atoms with Crippen LogP contribution >= 0.6 is 0 Å². The Balaban J connectivity index is 1.56. The van der Waals surface area contributed by atoms with Crippen molar-refractivity contribution in [1.29, 1.82) is 0 Å². The van der Waals surface area contributed by atoms with Gasteiger partial charge in [-0.2, -0.15) is 0 Å². The van der Waals surface area contributed by atoms with Gasteiger partial charge in [-0.1, -0.05) is 42.5 Å². The van der Waals surface area contributed by atoms with Crippen LogP contribution in [0.25, 0.3) is 22.2 Å². The van der Waals surface area contributed by atoms with Crippen molar-refractivity contribution in [2.24, 2.45) is 0 Å². The zero-order valence-corrected chi connectivity index (χ0v) is 15.2. The third-order valence-corrected chi connectivity index (χ3v) is 4.31. The standard InChI is InChI=1S/C23H16F2N2O2/c24-18-11-10-16(12-19(18)25)26-23(28)14-29-22-13-21(15-6-2-1-3-7-15)27-20-9-5-4-8-17(20)22/h1-13H,14H2,(H,26,28). The molecule has 1 heterocycles. The molecule has 0 fully saturated rings. The van der Waals surface area contributed by atoms with Crippen LogP contribution in [0.4, 0.5) is 14.5 Å². The van der Waals surface area contributed by atoms with E-state index in [1.807, 2.05) is 54.6 Å². The van der Waals surface area contributed by atoms with Crippen molar-refractivity contribution in [2.75, 3.05) is 11.9 Å². The highest BCUT2D eigenvalue weighted by molar-refractivity contribution is 5.93. The Morgan fingerprint density at radius 3 is 2.45 bits per heavy atom. The summed E-state index contributed by atoms with van der Waals surface area (Å²) in [4.78, 5) is 16.9. The fourth-order valence-corrected chi connectivity index (χ4v) is 2.93. The smallest absolute Gasteiger partial charge is 0.262 e. The van der Waals surface area contributed by atoms with Crippen molar-refractivity contribution in [2.45, 2.75) is 0 Å². The van der Waals surface area contributed by atoms with Gasteiger partial charge in [0.05, 0.1) is 11.2 Å². The molecular formula is C23H16F2N2O2. The summed E-state index contributed by atoms with van der Waals surface area (Å²) >= 11 is 0. The van der Waals surface area contributed by atoms with Crippen LogP contribution in [0, 0.1) is 11.6 Å². The Morgan fingerprint density at radius 1 is 0.897 bits per heavy atom. The SMILES string of the molecule is O=C(COc1cc(-c2ccccc2)nc2ccccc12)Nc1ccc(F)c(F)c1. The highest BCUT2D eigenvalue weighted by atomic mass is 19.2. The number of rotatable bonds is 5. The van der Waals surface area contributed by atoms with E-state index >= 15 is 0 Å². The molecule has 0 spiro atoms. The third kappa shape index (κ3) is 4.21. The summed E-state index contributed by atoms with van der Waals surface area (Å²) in [6, 6.07) is 22.0. The zero-order chi connectivity index (χ0) is 20.2. The van der Waals surface area contributed by atoms with Crippen LogP contribution in [-0.4, -0.2) is 17.5 Å². The molecule has 0 aliphatic carbocycles. The minimum absolute atomic E-state index is 0.155. The first-order valence-electron chi connectivity index (χ1n) is 8.93. The summed E-state index contributed by atoms with van der Waals surface area (Å²) in [5.74, 6) is -1.99. The number of hydrogen-bond donors (Lipinski definition) is 1. The first-order chi connectivity index (χ1) is 14.1. The molecular weight excluding hydrogens is 374 g/mol. The molecule has 0 atom stereocenters. The summed E-state index contributed by atoms with van der Waals surface area (Å²) in [5, 5.41) is 3.26. The number of nitrogens with one attached hydrogen (secondary N) is 1. The average Bonchev–Trinajstić information content (AvgIpc) is 2.75. The van der Waals surface area contributed by atoms with Crippen molar-refractivity contribution < 1.29 is 18.3 Å². The molecule has 144 valence electrons. The molecule has 29 heavy (non-hydrogen) atoms. The Labute approximate surface area is 165 Å². The van der Waals surface area contributed by atoms with Gasteiger partial charge in [-0.25, -0.2) is 13.8 Å². The van der Waals surface area contributed by atoms with Crippen LogP contribution < -0.4 is 10.1 Å². The van der Waals surface area contributed by atoms with Crippen LogP contribution in [0.5, 0.6) is 5.75 Å². The maximum absolute atomic E-state index is 13.3. The fourth-order valence-electron chi connectivity index (χ4n) is 2.93. The molecule has 0 saturated heterocycles. The van der Waals surface area contributed by atoms with E-state index in [2.05, 4.69) is 10.3 Å². The van der Waals surface area contributed by atoms with Gasteiger partial charge in [0.25, 0.3) is 5.91 Å². The van der Waals surface area contributed by atoms with Crippen LogP contribution in [-0.2, 0) is 4.79 Å². The fraction of sp³-hybridized carbons (Fsp3) is 0.0435. The van der Waals surface area contributed by atoms with E-state index in [1.54, 1.807) is 6.07 Å². The van der Waals surface area contributed by atoms with Crippen molar-refractivity contribution in [3.63, 3.8) is 0 Å². The predicted octanol–water partition coefficient (Wildman–Crippen LogP) is 5.20. The predicted molar refractivity (Wildman–Crippen MR) is 108 cm³/mol. The number of hydrogen-bond acceptors (Lipinski definition) is 3. The maximum Gasteiger partial charge on any atom is 0.262 e. The van der Waals surface area contributed by atoms with Gasteiger partial charge in [-0.15, -0.1) is 0 Å². The number of halogens is 2. The van der Waals surface area contributed by atoms with Crippen LogP contribution in [0.3, 0.4) is 0 Å². The molecule has 0 radical (unpaired) electrons. The van der Waals surface area contributed by atoms with Gasteiger partial charge in [0.15, 0.2) is 18.2 Å². The minimum atomic E-state index is -1.03. The van der Waals surface area contributed by atoms with Gasteiger partial charge in [0, 0.05) is 28.8 Å². The lowest BCUT2D eigenvalue weighted by Crippen LogP contribution is -2.20. The lowest BCUT2D eigenvalue weighted by molar-refractivity contribution is -0.118. The number of benzene rings is 3. The van der Waals surface area contributed by atoms with E-state index in [1.165, 1.54) is 6.07 Å². The summed E-state index contributed by atoms with van der Waals surface area (Å²) in [6.45, 7) is -0.290. The molecule has 0 aliphatic rings. The second-order valence-electron chi connectivity index (χ2n) is 6.35. The third-order valence-electron chi connectivity index (χ3n) is 4.31. The molecule has 0 unspecified atom stereocenters. The summed E-state index contributed by atoms with van der Waals surface area (Å²) in [5.41, 5.74) is 2.54. The summed E-state index contributed by atoms with van der Waals surface area (Å²) < 4.78 is 32.1. The largest absolute Gasteiger partial charge is 0.483 e. The van der Waals surface area contributed by atoms with Gasteiger partial charge in [-0.3, -0.25) is 4.79 Å². The molecule has 6 heteroatoms. The zero-order valence-electron chi connectivity index (χ0n) is 15.2. The maximum atomic E-state index is 13.3. The first kappa shape index (κ1) is 18.6. The van der Waals surface area contributed by atoms with E-state index in [0.717, 1.165) is 34.3 Å². The van der Waals surface area contributed by atoms with E-state index in [0.29, 0.717) is 5.75 Å². The summed E-state index contributed by atoms with van der Waals surface area (Å²) in [7, 11) is 0. The van der Waals surface area contributed by atoms with E-state index in [4.69, 9.17) is 4.74 Å². The second kappa shape index (κ2) is 8.06. The van der Waals surface area contributed by atoms with E-state index < -0.39 is 17.5 Å². The molecule has 0 aliphatic heterocycles. The molecule has 4 rings (SSSR count). The number of nitrogens with zero attached hydrogens (tertiary/aromatic N) is 1. The lowest BCUT2D eigenvalue weighted by atomic mass is 10.1. The van der Waals surface area contributed by atoms with Gasteiger partial charge in [0.1, 0.15) is 5.75 Å². The Bertz CT molecular complexity index is 1180. The van der Waals surface area contributed by atoms with Crippen molar-refractivity contribution in [3.05, 3.63) is 90.5 Å². The van der Waals surface area contributed by atoms with Gasteiger partial charge >= 0.3 is 0 Å². The quantitative estimate of drug-likeness (QED) is 0.510. The number of ether oxygens (including phenoxy) is 1. The van der Waals surface area contributed by atoms with Crippen molar-refractivity contribution >= 4 is 22.5 Å². The first-order valence-corrected chi connectivity index (χ1v) is 8.93. The number of para-hydroxylation sites is 1. The van der Waals surface area contributed by atoms with Crippen LogP contribution in [0.15, 0.2) is 78.9 Å². The Hall–Kier alpha value is -3.80. The van der Waals surface area contributed by atoms with E-state index in [9.17, 15) is 13.6 Å². The molecule has 1 aromatic heterocycles. The molecule has 1 N–H and O–H groups in total. The number of aromatic nitrogens is 1. The average molecular weight is 390 g/mol. The van der Waals surface area contributed by atoms with E-state index in [-0.39, 0.29) is 12.3 Å². The molecule has 1 amide bonds. The highest BCUT2D eigenvalue weighted by Gasteiger charge is 2.11. The Kier molecular flexibility index (Phi) is 5.16. The topological polar surface area (TPSA) is 51.2 Å². The molecule has 3 aromatic carbocycles. The van der Waals surface area contributed by atoms with Crippen molar-refractivity contribution in [1.82, 2.24) is 4.98 Å².